The molecule has 1 aromatic rings. The van der Waals surface area contributed by atoms with Crippen molar-refractivity contribution in [2.45, 2.75) is 18.7 Å². The Labute approximate surface area is 93.8 Å². The molecule has 0 fully saturated rings. The molecule has 0 nitrogen and oxygen atoms in total. The van der Waals surface area contributed by atoms with Gasteiger partial charge in [-0.15, -0.1) is 0 Å². The van der Waals surface area contributed by atoms with Gasteiger partial charge in [-0.05, 0) is 54.1 Å². The number of benzene rings is 1. The highest BCUT2D eigenvalue weighted by Gasteiger charge is 2.09. The summed E-state index contributed by atoms with van der Waals surface area (Å²) in [6, 6.07) is 3.46. The topological polar surface area (TPSA) is 0 Å². The Morgan fingerprint density at radius 3 is 2.58 bits per heavy atom. The fraction of sp³-hybridized carbons (Fsp3) is 0.333. The number of rotatable bonds is 1. The molecule has 0 heterocycles. The Hall–Kier alpha value is 0.360. The minimum absolute atomic E-state index is 0.0756. The van der Waals surface area contributed by atoms with Crippen molar-refractivity contribution in [3.8, 4) is 0 Å². The molecular weight excluding hydrogens is 334 g/mol. The van der Waals surface area contributed by atoms with Crippen LogP contribution in [0.15, 0.2) is 12.1 Å². The summed E-state index contributed by atoms with van der Waals surface area (Å²) in [6.45, 7) is 3.83. The second-order valence-corrected chi connectivity index (χ2v) is 5.27. The Morgan fingerprint density at radius 2 is 2.08 bits per heavy atom. The minimum atomic E-state index is -0.128. The molecule has 1 rings (SSSR count). The number of aryl methyl sites for hydroxylation is 1. The van der Waals surface area contributed by atoms with Crippen LogP contribution < -0.4 is 0 Å². The molecule has 0 amide bonds. The molecule has 1 atom stereocenters. The van der Waals surface area contributed by atoms with E-state index in [9.17, 15) is 4.39 Å². The summed E-state index contributed by atoms with van der Waals surface area (Å²) in [7, 11) is 0. The third-order valence-electron chi connectivity index (χ3n) is 1.71. The lowest BCUT2D eigenvalue weighted by Gasteiger charge is -2.07. The van der Waals surface area contributed by atoms with E-state index < -0.39 is 0 Å². The van der Waals surface area contributed by atoms with Crippen LogP contribution in [-0.2, 0) is 0 Å². The summed E-state index contributed by atoms with van der Waals surface area (Å²) in [5, 5.41) is 0. The zero-order valence-corrected chi connectivity index (χ0v) is 10.6. The number of hydrogen-bond acceptors (Lipinski definition) is 0. The van der Waals surface area contributed by atoms with Gasteiger partial charge >= 0.3 is 0 Å². The lowest BCUT2D eigenvalue weighted by atomic mass is 10.1. The van der Waals surface area contributed by atoms with Gasteiger partial charge < -0.3 is 0 Å². The molecular formula is C9H9BrFI. The Bertz CT molecular complexity index is 297. The average molecular weight is 343 g/mol. The molecule has 0 radical (unpaired) electrons. The molecule has 0 bridgehead atoms. The van der Waals surface area contributed by atoms with Crippen LogP contribution in [0.2, 0.25) is 0 Å². The maximum absolute atomic E-state index is 13.2. The molecule has 0 aliphatic heterocycles. The summed E-state index contributed by atoms with van der Waals surface area (Å²) < 4.78 is 14.4. The second-order valence-electron chi connectivity index (χ2n) is 2.74. The molecule has 12 heavy (non-hydrogen) atoms. The third kappa shape index (κ3) is 2.19. The molecule has 1 unspecified atom stereocenters. The average Bonchev–Trinajstić information content (AvgIpc) is 1.96. The summed E-state index contributed by atoms with van der Waals surface area (Å²) in [4.78, 5) is 0.0756. The van der Waals surface area contributed by atoms with Gasteiger partial charge in [-0.1, -0.05) is 15.9 Å². The first-order valence-corrected chi connectivity index (χ1v) is 5.61. The first-order chi connectivity index (χ1) is 5.52. The van der Waals surface area contributed by atoms with E-state index in [0.29, 0.717) is 0 Å². The van der Waals surface area contributed by atoms with Crippen LogP contribution >= 0.6 is 38.5 Å². The summed E-state index contributed by atoms with van der Waals surface area (Å²) in [5.74, 6) is -0.128. The molecule has 66 valence electrons. The summed E-state index contributed by atoms with van der Waals surface area (Å²) in [5.41, 5.74) is 1.72. The second kappa shape index (κ2) is 4.05. The van der Waals surface area contributed by atoms with E-state index in [1.54, 1.807) is 6.07 Å². The fourth-order valence-corrected chi connectivity index (χ4v) is 1.81. The van der Waals surface area contributed by atoms with Crippen LogP contribution in [0.4, 0.5) is 4.39 Å². The van der Waals surface area contributed by atoms with Crippen molar-refractivity contribution in [2.24, 2.45) is 0 Å². The molecule has 0 saturated carbocycles. The Morgan fingerprint density at radius 1 is 1.50 bits per heavy atom. The van der Waals surface area contributed by atoms with Gasteiger partial charge in [-0.25, -0.2) is 4.39 Å². The monoisotopic (exact) mass is 342 g/mol. The van der Waals surface area contributed by atoms with Gasteiger partial charge in [0.2, 0.25) is 0 Å². The van der Waals surface area contributed by atoms with E-state index in [0.717, 1.165) is 14.7 Å². The van der Waals surface area contributed by atoms with Gasteiger partial charge in [-0.2, -0.15) is 0 Å². The van der Waals surface area contributed by atoms with E-state index >= 15 is 0 Å². The predicted molar refractivity (Wildman–Crippen MR) is 61.2 cm³/mol. The Kier molecular flexibility index (Phi) is 3.52. The molecule has 1 aromatic carbocycles. The number of halogens is 3. The van der Waals surface area contributed by atoms with Crippen molar-refractivity contribution in [1.82, 2.24) is 0 Å². The van der Waals surface area contributed by atoms with E-state index in [-0.39, 0.29) is 10.6 Å². The van der Waals surface area contributed by atoms with E-state index in [1.807, 2.05) is 19.9 Å². The van der Waals surface area contributed by atoms with Crippen LogP contribution in [0.25, 0.3) is 0 Å². The molecule has 0 aliphatic carbocycles. The number of alkyl halides is 1. The quantitative estimate of drug-likeness (QED) is 0.530. The van der Waals surface area contributed by atoms with Crippen molar-refractivity contribution < 1.29 is 4.39 Å². The zero-order valence-electron chi connectivity index (χ0n) is 6.87. The van der Waals surface area contributed by atoms with E-state index in [4.69, 9.17) is 0 Å². The van der Waals surface area contributed by atoms with Crippen molar-refractivity contribution in [3.63, 3.8) is 0 Å². The molecule has 0 aromatic heterocycles. The number of hydrogen-bond donors (Lipinski definition) is 0. The van der Waals surface area contributed by atoms with Gasteiger partial charge in [0.1, 0.15) is 5.82 Å². The maximum atomic E-state index is 13.2. The lowest BCUT2D eigenvalue weighted by Crippen LogP contribution is -1.93. The Balaban J connectivity index is 3.23. The van der Waals surface area contributed by atoms with Crippen LogP contribution in [-0.4, -0.2) is 0 Å². The normalized spacial score (nSPS) is 13.1. The third-order valence-corrected chi connectivity index (χ3v) is 3.36. The van der Waals surface area contributed by atoms with E-state index in [2.05, 4.69) is 38.5 Å². The molecule has 0 aliphatic rings. The molecule has 3 heteroatoms. The van der Waals surface area contributed by atoms with Gasteiger partial charge in [0.05, 0.1) is 0 Å². The highest BCUT2D eigenvalue weighted by Crippen LogP contribution is 2.27. The molecule has 0 saturated heterocycles. The van der Waals surface area contributed by atoms with E-state index in [1.165, 1.54) is 0 Å². The first-order valence-electron chi connectivity index (χ1n) is 3.62. The van der Waals surface area contributed by atoms with Crippen molar-refractivity contribution in [2.75, 3.05) is 0 Å². The molecule has 0 N–H and O–H groups in total. The van der Waals surface area contributed by atoms with Crippen LogP contribution in [0.5, 0.6) is 0 Å². The standard InChI is InChI=1S/C9H9BrFI/c1-5-3-8(11)7(6(2)10)4-9(5)12/h3-4,6H,1-2H3. The van der Waals surface area contributed by atoms with Crippen LogP contribution in [0.1, 0.15) is 22.9 Å². The van der Waals surface area contributed by atoms with Crippen LogP contribution in [0.3, 0.4) is 0 Å². The first kappa shape index (κ1) is 10.4. The lowest BCUT2D eigenvalue weighted by molar-refractivity contribution is 0.610. The summed E-state index contributed by atoms with van der Waals surface area (Å²) >= 11 is 5.56. The fourth-order valence-electron chi connectivity index (χ4n) is 0.967. The predicted octanol–water partition coefficient (Wildman–Crippen LogP) is 4.19. The maximum Gasteiger partial charge on any atom is 0.127 e. The van der Waals surface area contributed by atoms with Gasteiger partial charge in [0, 0.05) is 14.0 Å². The largest absolute Gasteiger partial charge is 0.207 e. The van der Waals surface area contributed by atoms with Crippen molar-refractivity contribution >= 4 is 38.5 Å². The highest BCUT2D eigenvalue weighted by atomic mass is 127. The minimum Gasteiger partial charge on any atom is -0.207 e. The van der Waals surface area contributed by atoms with Crippen molar-refractivity contribution in [3.05, 3.63) is 32.6 Å². The van der Waals surface area contributed by atoms with Gasteiger partial charge in [0.25, 0.3) is 0 Å². The van der Waals surface area contributed by atoms with Gasteiger partial charge in [0.15, 0.2) is 0 Å². The van der Waals surface area contributed by atoms with Gasteiger partial charge in [-0.3, -0.25) is 0 Å². The highest BCUT2D eigenvalue weighted by molar-refractivity contribution is 14.1. The summed E-state index contributed by atoms with van der Waals surface area (Å²) in [6.07, 6.45) is 0. The SMILES string of the molecule is Cc1cc(F)c(C(C)Br)cc1I. The zero-order chi connectivity index (χ0) is 9.30. The van der Waals surface area contributed by atoms with Crippen LogP contribution in [0, 0.1) is 16.3 Å². The van der Waals surface area contributed by atoms with Crippen molar-refractivity contribution in [1.29, 1.82) is 0 Å². The smallest absolute Gasteiger partial charge is 0.127 e. The molecule has 0 spiro atoms.